The molecule has 1 heterocycles. The molecular formula is C19H22BF2N3O3. The lowest BCUT2D eigenvalue weighted by molar-refractivity contribution is 0.1000. The molecule has 2 radical (unpaired) electrons. The van der Waals surface area contributed by atoms with Gasteiger partial charge in [0.05, 0.1) is 11.3 Å². The molecule has 2 aromatic rings. The molecule has 1 aromatic heterocycles. The van der Waals surface area contributed by atoms with E-state index in [1.807, 2.05) is 0 Å². The number of benzene rings is 1. The number of nitrogens with two attached hydrogens (primary N) is 2. The Morgan fingerprint density at radius 1 is 1.36 bits per heavy atom. The normalized spacial score (nSPS) is 18.0. The van der Waals surface area contributed by atoms with E-state index in [1.165, 1.54) is 12.1 Å². The summed E-state index contributed by atoms with van der Waals surface area (Å²) >= 11 is 0. The number of hydrogen-bond donors (Lipinski definition) is 3. The van der Waals surface area contributed by atoms with Crippen molar-refractivity contribution in [1.82, 2.24) is 4.57 Å². The van der Waals surface area contributed by atoms with E-state index in [0.717, 1.165) is 4.57 Å². The van der Waals surface area contributed by atoms with Gasteiger partial charge in [0.1, 0.15) is 11.6 Å². The van der Waals surface area contributed by atoms with E-state index in [0.29, 0.717) is 23.2 Å². The SMILES string of the molecule is Cc1ccc(O)c(C)c1-n1c(N)c(C(N)=O)cc(C2CC2CC(F)F)c1=O.[BH]. The molecule has 0 bridgehead atoms. The van der Waals surface area contributed by atoms with Crippen molar-refractivity contribution in [3.05, 3.63) is 50.8 Å². The fourth-order valence-corrected chi connectivity index (χ4v) is 3.62. The van der Waals surface area contributed by atoms with E-state index >= 15 is 0 Å². The first-order valence-electron chi connectivity index (χ1n) is 8.56. The van der Waals surface area contributed by atoms with Crippen molar-refractivity contribution >= 4 is 20.1 Å². The minimum Gasteiger partial charge on any atom is -0.508 e. The summed E-state index contributed by atoms with van der Waals surface area (Å²) in [4.78, 5) is 25.0. The molecule has 0 aliphatic heterocycles. The summed E-state index contributed by atoms with van der Waals surface area (Å²) in [7, 11) is 0. The summed E-state index contributed by atoms with van der Waals surface area (Å²) in [5.41, 5.74) is 12.6. The van der Waals surface area contributed by atoms with Gasteiger partial charge < -0.3 is 16.6 Å². The second-order valence-corrected chi connectivity index (χ2v) is 7.01. The zero-order valence-corrected chi connectivity index (χ0v) is 15.7. The van der Waals surface area contributed by atoms with E-state index in [4.69, 9.17) is 11.5 Å². The lowest BCUT2D eigenvalue weighted by Gasteiger charge is -2.19. The highest BCUT2D eigenvalue weighted by atomic mass is 19.3. The molecule has 28 heavy (non-hydrogen) atoms. The van der Waals surface area contributed by atoms with Crippen LogP contribution in [0.1, 0.15) is 45.8 Å². The number of carbonyl (C=O) groups is 1. The molecule has 6 nitrogen and oxygen atoms in total. The summed E-state index contributed by atoms with van der Waals surface area (Å²) in [5.74, 6) is -1.67. The Hall–Kier alpha value is -2.84. The number of carbonyl (C=O) groups excluding carboxylic acids is 1. The van der Waals surface area contributed by atoms with Gasteiger partial charge in [-0.3, -0.25) is 14.2 Å². The van der Waals surface area contributed by atoms with Gasteiger partial charge in [-0.15, -0.1) is 0 Å². The predicted octanol–water partition coefficient (Wildman–Crippen LogP) is 1.95. The summed E-state index contributed by atoms with van der Waals surface area (Å²) in [6.45, 7) is 3.36. The number of pyridine rings is 1. The molecule has 9 heteroatoms. The largest absolute Gasteiger partial charge is 0.508 e. The third-order valence-corrected chi connectivity index (χ3v) is 5.16. The number of amides is 1. The monoisotopic (exact) mass is 389 g/mol. The van der Waals surface area contributed by atoms with Gasteiger partial charge in [-0.25, -0.2) is 8.78 Å². The topological polar surface area (TPSA) is 111 Å². The van der Waals surface area contributed by atoms with Crippen molar-refractivity contribution < 1.29 is 18.7 Å². The van der Waals surface area contributed by atoms with E-state index in [1.54, 1.807) is 19.9 Å². The van der Waals surface area contributed by atoms with Crippen LogP contribution in [0.25, 0.3) is 5.69 Å². The maximum atomic E-state index is 13.2. The van der Waals surface area contributed by atoms with E-state index in [9.17, 15) is 23.5 Å². The number of alkyl halides is 2. The predicted molar refractivity (Wildman–Crippen MR) is 105 cm³/mol. The number of nitrogen functional groups attached to an aromatic ring is 1. The van der Waals surface area contributed by atoms with Gasteiger partial charge in [0.2, 0.25) is 6.43 Å². The Balaban J connectivity index is 0.00000280. The molecule has 0 spiro atoms. The van der Waals surface area contributed by atoms with Crippen LogP contribution >= 0.6 is 0 Å². The van der Waals surface area contributed by atoms with Crippen LogP contribution in [0.4, 0.5) is 14.6 Å². The highest BCUT2D eigenvalue weighted by Gasteiger charge is 2.42. The maximum absolute atomic E-state index is 13.2. The van der Waals surface area contributed by atoms with Crippen LogP contribution in [0, 0.1) is 19.8 Å². The molecule has 1 fully saturated rings. The molecule has 1 aromatic carbocycles. The number of aromatic hydroxyl groups is 1. The first kappa shape index (κ1) is 21.5. The minimum absolute atomic E-state index is 0. The van der Waals surface area contributed by atoms with Crippen molar-refractivity contribution in [3.8, 4) is 11.4 Å². The fourth-order valence-electron chi connectivity index (χ4n) is 3.62. The zero-order chi connectivity index (χ0) is 20.0. The number of phenolic OH excluding ortho intramolecular Hbond substituents is 1. The molecule has 1 amide bonds. The molecule has 2 unspecified atom stereocenters. The van der Waals surface area contributed by atoms with Crippen LogP contribution in [0.2, 0.25) is 0 Å². The first-order valence-corrected chi connectivity index (χ1v) is 8.56. The molecule has 2 atom stereocenters. The zero-order valence-electron chi connectivity index (χ0n) is 15.7. The number of aromatic nitrogens is 1. The Kier molecular flexibility index (Phi) is 5.87. The molecule has 1 saturated carbocycles. The average Bonchev–Trinajstić information content (AvgIpc) is 3.32. The third kappa shape index (κ3) is 3.61. The van der Waals surface area contributed by atoms with Gasteiger partial charge in [-0.2, -0.15) is 0 Å². The fraction of sp³-hybridized carbons (Fsp3) is 0.368. The quantitative estimate of drug-likeness (QED) is 0.679. The Morgan fingerprint density at radius 2 is 2.00 bits per heavy atom. The highest BCUT2D eigenvalue weighted by Crippen LogP contribution is 2.50. The third-order valence-electron chi connectivity index (χ3n) is 5.16. The molecule has 148 valence electrons. The van der Waals surface area contributed by atoms with Gasteiger partial charge in [0.15, 0.2) is 0 Å². The Bertz CT molecular complexity index is 991. The van der Waals surface area contributed by atoms with Gasteiger partial charge >= 0.3 is 0 Å². The number of anilines is 1. The molecule has 0 saturated heterocycles. The minimum atomic E-state index is -2.46. The van der Waals surface area contributed by atoms with E-state index in [2.05, 4.69) is 0 Å². The molecule has 3 rings (SSSR count). The summed E-state index contributed by atoms with van der Waals surface area (Å²) in [6, 6.07) is 4.44. The van der Waals surface area contributed by atoms with Crippen LogP contribution in [0.3, 0.4) is 0 Å². The van der Waals surface area contributed by atoms with Gasteiger partial charge in [0, 0.05) is 26.0 Å². The van der Waals surface area contributed by atoms with Crippen LogP contribution < -0.4 is 17.0 Å². The molecule has 1 aliphatic carbocycles. The highest BCUT2D eigenvalue weighted by molar-refractivity contribution is 5.97. The number of primary amides is 1. The smallest absolute Gasteiger partial charge is 0.260 e. The number of hydrogen-bond acceptors (Lipinski definition) is 4. The summed E-state index contributed by atoms with van der Waals surface area (Å²) in [5, 5.41) is 10.0. The van der Waals surface area contributed by atoms with Crippen molar-refractivity contribution in [2.24, 2.45) is 11.7 Å². The summed E-state index contributed by atoms with van der Waals surface area (Å²) in [6.07, 6.45) is -2.31. The number of nitrogens with zero attached hydrogens (tertiary/aromatic N) is 1. The Labute approximate surface area is 162 Å². The van der Waals surface area contributed by atoms with E-state index in [-0.39, 0.29) is 49.4 Å². The Morgan fingerprint density at radius 3 is 2.57 bits per heavy atom. The van der Waals surface area contributed by atoms with Crippen LogP contribution in [0.15, 0.2) is 23.0 Å². The van der Waals surface area contributed by atoms with Crippen LogP contribution in [-0.4, -0.2) is 30.4 Å². The lowest BCUT2D eigenvalue weighted by atomic mass is 10.0. The second-order valence-electron chi connectivity index (χ2n) is 7.01. The van der Waals surface area contributed by atoms with Crippen molar-refractivity contribution in [1.29, 1.82) is 0 Å². The number of aryl methyl sites for hydroxylation is 1. The first-order chi connectivity index (χ1) is 12.6. The van der Waals surface area contributed by atoms with E-state index < -0.39 is 17.9 Å². The second kappa shape index (κ2) is 7.65. The maximum Gasteiger partial charge on any atom is 0.260 e. The summed E-state index contributed by atoms with van der Waals surface area (Å²) < 4.78 is 26.5. The average molecular weight is 389 g/mol. The van der Waals surface area contributed by atoms with Crippen LogP contribution in [0.5, 0.6) is 5.75 Å². The number of phenols is 1. The van der Waals surface area contributed by atoms with Crippen LogP contribution in [-0.2, 0) is 0 Å². The van der Waals surface area contributed by atoms with Crippen molar-refractivity contribution in [2.75, 3.05) is 5.73 Å². The van der Waals surface area contributed by atoms with Crippen molar-refractivity contribution in [2.45, 2.75) is 39.0 Å². The molecular weight excluding hydrogens is 367 g/mol. The number of halogens is 2. The number of rotatable bonds is 5. The van der Waals surface area contributed by atoms with Gasteiger partial charge in [-0.05, 0) is 49.8 Å². The van der Waals surface area contributed by atoms with Gasteiger partial charge in [-0.1, -0.05) is 6.07 Å². The molecule has 1 aliphatic rings. The van der Waals surface area contributed by atoms with Gasteiger partial charge in [0.25, 0.3) is 11.5 Å². The standard InChI is InChI=1S/C19H21F2N3O3.BH/c1-8-3-4-14(25)9(2)16(8)24-17(22)13(18(23)26)7-12(19(24)27)11-5-10(11)6-15(20)21;/h3-4,7,10-11,15,25H,5-6,22H2,1-2H3,(H2,23,26);1H. The van der Waals surface area contributed by atoms with Crippen molar-refractivity contribution in [3.63, 3.8) is 0 Å². The lowest BCUT2D eigenvalue weighted by Crippen LogP contribution is -2.29. The molecule has 5 N–H and O–H groups in total.